The molecule has 23 heavy (non-hydrogen) atoms. The number of alkyl halides is 4. The van der Waals surface area contributed by atoms with Crippen molar-refractivity contribution in [2.75, 3.05) is 0 Å². The third kappa shape index (κ3) is 1.86. The Morgan fingerprint density at radius 3 is 2.00 bits per heavy atom. The van der Waals surface area contributed by atoms with Crippen LogP contribution in [0.15, 0.2) is 12.2 Å². The minimum Gasteiger partial charge on any atom is -0.307 e. The Morgan fingerprint density at radius 2 is 1.52 bits per heavy atom. The fourth-order valence-electron chi connectivity index (χ4n) is 4.89. The van der Waals surface area contributed by atoms with Crippen molar-refractivity contribution in [3.63, 3.8) is 0 Å². The van der Waals surface area contributed by atoms with E-state index in [-0.39, 0.29) is 17.8 Å². The number of fused-ring (bicyclic) bond motifs is 5. The molecule has 0 N–H and O–H groups in total. The molecule has 0 spiro atoms. The highest BCUT2D eigenvalue weighted by atomic mass is 32.3. The number of hydrogen-bond donors (Lipinski definition) is 0. The summed E-state index contributed by atoms with van der Waals surface area (Å²) in [5.41, 5.74) is -2.55. The lowest BCUT2D eigenvalue weighted by atomic mass is 9.43. The fraction of sp³-hybridized carbons (Fsp3) is 0.857. The van der Waals surface area contributed by atoms with Gasteiger partial charge in [-0.1, -0.05) is 29.9 Å². The highest BCUT2D eigenvalue weighted by molar-refractivity contribution is 7.87. The third-order valence-electron chi connectivity index (χ3n) is 6.19. The Morgan fingerprint density at radius 1 is 1.04 bits per heavy atom. The van der Waals surface area contributed by atoms with Crippen LogP contribution >= 0.6 is 0 Å². The molecule has 9 heteroatoms. The van der Waals surface area contributed by atoms with Crippen molar-refractivity contribution in [3.8, 4) is 0 Å². The maximum Gasteiger partial charge on any atom is 0.464 e. The van der Waals surface area contributed by atoms with Crippen molar-refractivity contribution in [1.29, 1.82) is 0 Å². The summed E-state index contributed by atoms with van der Waals surface area (Å²) in [7, 11) is -6.81. The number of allylic oxidation sites excluding steroid dienone is 2. The summed E-state index contributed by atoms with van der Waals surface area (Å²) in [6.45, 7) is 4.53. The summed E-state index contributed by atoms with van der Waals surface area (Å²) >= 11 is 0. The van der Waals surface area contributed by atoms with Gasteiger partial charge in [0.1, 0.15) is 0 Å². The molecule has 3 aliphatic carbocycles. The summed E-state index contributed by atoms with van der Waals surface area (Å²) in [4.78, 5) is 0. The van der Waals surface area contributed by atoms with E-state index >= 15 is 0 Å². The number of halogens is 5. The first-order chi connectivity index (χ1) is 10.2. The van der Waals surface area contributed by atoms with Crippen LogP contribution in [0.5, 0.6) is 0 Å². The first-order valence-electron chi connectivity index (χ1n) is 7.25. The van der Waals surface area contributed by atoms with Crippen LogP contribution in [-0.2, 0) is 15.0 Å². The van der Waals surface area contributed by atoms with E-state index in [1.54, 1.807) is 13.8 Å². The van der Waals surface area contributed by atoms with Gasteiger partial charge in [-0.2, -0.15) is 26.0 Å². The second-order valence-corrected chi connectivity index (χ2v) is 8.79. The molecule has 3 aliphatic rings. The van der Waals surface area contributed by atoms with Crippen molar-refractivity contribution in [1.82, 2.24) is 0 Å². The van der Waals surface area contributed by atoms with E-state index in [2.05, 4.69) is 4.74 Å². The second-order valence-electron chi connectivity index (χ2n) is 7.40. The van der Waals surface area contributed by atoms with Gasteiger partial charge >= 0.3 is 21.6 Å². The van der Waals surface area contributed by atoms with E-state index in [0.717, 1.165) is 6.42 Å². The average molecular weight is 360 g/mol. The molecular formula is C14H17F5O3S. The predicted octanol–water partition coefficient (Wildman–Crippen LogP) is 3.72. The van der Waals surface area contributed by atoms with Gasteiger partial charge in [-0.3, -0.25) is 0 Å². The maximum atomic E-state index is 13.8. The van der Waals surface area contributed by atoms with Crippen molar-refractivity contribution in [3.05, 3.63) is 12.2 Å². The topological polar surface area (TPSA) is 43.4 Å². The highest BCUT2D eigenvalue weighted by Crippen LogP contribution is 2.73. The molecule has 0 amide bonds. The van der Waals surface area contributed by atoms with Gasteiger partial charge in [-0.25, -0.2) is 0 Å². The minimum atomic E-state index is -6.81. The van der Waals surface area contributed by atoms with Crippen molar-refractivity contribution in [2.24, 2.45) is 29.1 Å². The van der Waals surface area contributed by atoms with E-state index in [9.17, 15) is 29.9 Å². The Kier molecular flexibility index (Phi) is 3.19. The predicted molar refractivity (Wildman–Crippen MR) is 70.9 cm³/mol. The van der Waals surface area contributed by atoms with Gasteiger partial charge < -0.3 is 4.74 Å². The van der Waals surface area contributed by atoms with Crippen LogP contribution in [-0.4, -0.2) is 25.4 Å². The lowest BCUT2D eigenvalue weighted by molar-refractivity contribution is -0.413. The molecule has 0 aromatic carbocycles. The third-order valence-corrected chi connectivity index (χ3v) is 7.04. The fourth-order valence-corrected chi connectivity index (χ4v) is 5.21. The van der Waals surface area contributed by atoms with Gasteiger partial charge in [0.25, 0.3) is 0 Å². The summed E-state index contributed by atoms with van der Waals surface area (Å²) in [5, 5.41) is -5.93. The molecule has 2 saturated carbocycles. The summed E-state index contributed by atoms with van der Waals surface area (Å²) < 4.78 is 92.2. The summed E-state index contributed by atoms with van der Waals surface area (Å²) in [6.07, 6.45) is -0.874. The van der Waals surface area contributed by atoms with Gasteiger partial charge in [0.05, 0.1) is 5.60 Å². The number of ether oxygens (including phenoxy) is 1. The summed E-state index contributed by atoms with van der Waals surface area (Å²) in [5.74, 6) is -0.324. The standard InChI is InChI=1S/C14H17F5O3S/c1-11(2)9-7-4-5-8(6-7)10(9)12(11,3)22-13(15,16)14(17,18)23(19,20)21/h4-5,7-10H,6H2,1-3H3. The molecule has 0 saturated heterocycles. The average Bonchev–Trinajstić information content (AvgIpc) is 2.95. The first kappa shape index (κ1) is 17.1. The SMILES string of the molecule is CC1(C)C2C3C=CC(C3)C2C1(C)OC(F)(F)C(F)(F)S(=O)(=O)F. The van der Waals surface area contributed by atoms with E-state index in [1.165, 1.54) is 6.92 Å². The van der Waals surface area contributed by atoms with E-state index in [1.807, 2.05) is 12.2 Å². The maximum absolute atomic E-state index is 13.8. The van der Waals surface area contributed by atoms with Crippen LogP contribution in [0.25, 0.3) is 0 Å². The number of rotatable bonds is 4. The van der Waals surface area contributed by atoms with Gasteiger partial charge in [-0.05, 0) is 42.4 Å². The molecule has 5 atom stereocenters. The van der Waals surface area contributed by atoms with Crippen LogP contribution in [0.3, 0.4) is 0 Å². The van der Waals surface area contributed by atoms with Crippen molar-refractivity contribution >= 4 is 10.2 Å². The summed E-state index contributed by atoms with van der Waals surface area (Å²) in [6, 6.07) is 0. The Labute approximate surface area is 131 Å². The van der Waals surface area contributed by atoms with E-state index in [0.29, 0.717) is 0 Å². The number of hydrogen-bond acceptors (Lipinski definition) is 3. The molecule has 0 aromatic heterocycles. The molecule has 0 aromatic rings. The Hall–Kier alpha value is -0.700. The molecule has 0 radical (unpaired) electrons. The lowest BCUT2D eigenvalue weighted by Crippen LogP contribution is -2.71. The largest absolute Gasteiger partial charge is 0.464 e. The zero-order valence-electron chi connectivity index (χ0n) is 12.7. The van der Waals surface area contributed by atoms with Crippen LogP contribution in [0.2, 0.25) is 0 Å². The molecule has 0 heterocycles. The van der Waals surface area contributed by atoms with Crippen molar-refractivity contribution in [2.45, 2.75) is 44.2 Å². The van der Waals surface area contributed by atoms with Gasteiger partial charge in [0.15, 0.2) is 0 Å². The van der Waals surface area contributed by atoms with Crippen molar-refractivity contribution < 1.29 is 34.6 Å². The molecule has 3 rings (SSSR count). The smallest absolute Gasteiger partial charge is 0.307 e. The van der Waals surface area contributed by atoms with Crippen LogP contribution in [0, 0.1) is 29.1 Å². The molecule has 3 nitrogen and oxygen atoms in total. The molecule has 132 valence electrons. The normalized spacial score (nSPS) is 41.7. The molecule has 5 unspecified atom stereocenters. The van der Waals surface area contributed by atoms with Crippen LogP contribution in [0.4, 0.5) is 21.4 Å². The van der Waals surface area contributed by atoms with Gasteiger partial charge in [0.2, 0.25) is 0 Å². The zero-order chi connectivity index (χ0) is 17.6. The van der Waals surface area contributed by atoms with Crippen LogP contribution in [0.1, 0.15) is 27.2 Å². The molecule has 2 fully saturated rings. The molecule has 0 aliphatic heterocycles. The Bertz CT molecular complexity index is 672. The lowest BCUT2D eigenvalue weighted by Gasteiger charge is -2.66. The monoisotopic (exact) mass is 360 g/mol. The first-order valence-corrected chi connectivity index (χ1v) is 8.63. The highest BCUT2D eigenvalue weighted by Gasteiger charge is 2.78. The van der Waals surface area contributed by atoms with Gasteiger partial charge in [0, 0.05) is 0 Å². The Balaban J connectivity index is 1.95. The van der Waals surface area contributed by atoms with Crippen LogP contribution < -0.4 is 0 Å². The molecular weight excluding hydrogens is 343 g/mol. The zero-order valence-corrected chi connectivity index (χ0v) is 13.5. The quantitative estimate of drug-likeness (QED) is 0.436. The molecule has 2 bridgehead atoms. The van der Waals surface area contributed by atoms with E-state index in [4.69, 9.17) is 0 Å². The second kappa shape index (κ2) is 4.28. The van der Waals surface area contributed by atoms with E-state index < -0.39 is 38.5 Å². The minimum absolute atomic E-state index is 0.00564. The van der Waals surface area contributed by atoms with Gasteiger partial charge in [-0.15, -0.1) is 0 Å².